The Morgan fingerprint density at radius 2 is 2.31 bits per heavy atom. The Bertz CT molecular complexity index is 264. The summed E-state index contributed by atoms with van der Waals surface area (Å²) in [7, 11) is 0. The van der Waals surface area contributed by atoms with E-state index in [0.29, 0.717) is 6.04 Å². The van der Waals surface area contributed by atoms with E-state index in [0.717, 1.165) is 12.1 Å². The molecule has 1 aliphatic rings. The highest BCUT2D eigenvalue weighted by atomic mass is 32.1. The van der Waals surface area contributed by atoms with Gasteiger partial charge in [0.15, 0.2) is 0 Å². The molecule has 1 radical (unpaired) electrons. The second-order valence-electron chi connectivity index (χ2n) is 3.50. The van der Waals surface area contributed by atoms with Gasteiger partial charge in [0, 0.05) is 6.04 Å². The van der Waals surface area contributed by atoms with Gasteiger partial charge in [-0.1, -0.05) is 12.8 Å². The molecule has 1 aliphatic carbocycles. The van der Waals surface area contributed by atoms with Crippen LogP contribution in [0.1, 0.15) is 31.4 Å². The Morgan fingerprint density at radius 1 is 1.54 bits per heavy atom. The molecule has 1 N–H and O–H groups in total. The molecule has 0 atom stereocenters. The molecule has 1 aromatic heterocycles. The molecule has 1 fully saturated rings. The van der Waals surface area contributed by atoms with E-state index in [2.05, 4.69) is 17.2 Å². The van der Waals surface area contributed by atoms with Gasteiger partial charge in [-0.15, -0.1) is 11.3 Å². The minimum absolute atomic E-state index is 0.686. The van der Waals surface area contributed by atoms with Gasteiger partial charge in [0.2, 0.25) is 0 Å². The highest BCUT2D eigenvalue weighted by molar-refractivity contribution is 7.14. The van der Waals surface area contributed by atoms with Gasteiger partial charge in [-0.05, 0) is 26.2 Å². The molecule has 0 bridgehead atoms. The van der Waals surface area contributed by atoms with E-state index in [9.17, 15) is 0 Å². The highest BCUT2D eigenvalue weighted by Gasteiger charge is 2.16. The number of nitrogens with zero attached hydrogens (tertiary/aromatic N) is 1. The molecular formula is C10H15N2S. The molecule has 71 valence electrons. The van der Waals surface area contributed by atoms with E-state index in [1.807, 2.05) is 5.51 Å². The van der Waals surface area contributed by atoms with Crippen LogP contribution in [0.4, 0.5) is 5.00 Å². The van der Waals surface area contributed by atoms with Crippen LogP contribution in [0.5, 0.6) is 0 Å². The first-order valence-corrected chi connectivity index (χ1v) is 5.76. The summed E-state index contributed by atoms with van der Waals surface area (Å²) in [6, 6.07) is 0.686. The lowest BCUT2D eigenvalue weighted by Gasteiger charge is -2.11. The Balaban J connectivity index is 1.99. The molecule has 0 saturated heterocycles. The summed E-state index contributed by atoms with van der Waals surface area (Å²) < 4.78 is 0. The van der Waals surface area contributed by atoms with Crippen LogP contribution in [-0.2, 0) is 6.42 Å². The minimum Gasteiger partial charge on any atom is -0.373 e. The quantitative estimate of drug-likeness (QED) is 0.802. The van der Waals surface area contributed by atoms with E-state index in [1.165, 1.54) is 30.7 Å². The lowest BCUT2D eigenvalue weighted by molar-refractivity contribution is 0.756. The monoisotopic (exact) mass is 195 g/mol. The van der Waals surface area contributed by atoms with Gasteiger partial charge in [-0.25, -0.2) is 4.98 Å². The third-order valence-electron chi connectivity index (χ3n) is 2.57. The van der Waals surface area contributed by atoms with Gasteiger partial charge in [0.25, 0.3) is 0 Å². The zero-order chi connectivity index (χ0) is 9.10. The predicted octanol–water partition coefficient (Wildman–Crippen LogP) is 2.87. The summed E-state index contributed by atoms with van der Waals surface area (Å²) in [5.74, 6) is 0. The van der Waals surface area contributed by atoms with Crippen molar-refractivity contribution in [1.29, 1.82) is 0 Å². The first kappa shape index (κ1) is 9.00. The third kappa shape index (κ3) is 2.02. The van der Waals surface area contributed by atoms with Crippen LogP contribution in [0.2, 0.25) is 0 Å². The maximum Gasteiger partial charge on any atom is 0.112 e. The zero-order valence-electron chi connectivity index (χ0n) is 7.75. The standard InChI is InChI=1S/C10H15N2S/c1-2-9-10(13-7-11-9)12-8-5-3-4-6-8/h7-8,12H,1-6H2. The third-order valence-corrected chi connectivity index (χ3v) is 3.37. The Morgan fingerprint density at radius 3 is 3.00 bits per heavy atom. The molecule has 1 aromatic rings. The van der Waals surface area contributed by atoms with Crippen LogP contribution in [0.15, 0.2) is 5.51 Å². The Kier molecular flexibility index (Phi) is 2.83. The van der Waals surface area contributed by atoms with Crippen LogP contribution in [0.3, 0.4) is 0 Å². The van der Waals surface area contributed by atoms with Crippen molar-refractivity contribution in [3.8, 4) is 0 Å². The molecule has 1 saturated carbocycles. The van der Waals surface area contributed by atoms with Crippen molar-refractivity contribution >= 4 is 16.3 Å². The van der Waals surface area contributed by atoms with Gasteiger partial charge in [0.1, 0.15) is 5.00 Å². The van der Waals surface area contributed by atoms with Gasteiger partial charge in [-0.2, -0.15) is 0 Å². The van der Waals surface area contributed by atoms with Crippen molar-refractivity contribution in [2.24, 2.45) is 0 Å². The fourth-order valence-corrected chi connectivity index (χ4v) is 2.63. The van der Waals surface area contributed by atoms with Crippen LogP contribution in [-0.4, -0.2) is 11.0 Å². The normalized spacial score (nSPS) is 17.9. The van der Waals surface area contributed by atoms with Crippen molar-refractivity contribution in [3.05, 3.63) is 18.1 Å². The summed E-state index contributed by atoms with van der Waals surface area (Å²) in [6.45, 7) is 3.87. The van der Waals surface area contributed by atoms with Gasteiger partial charge < -0.3 is 5.32 Å². The van der Waals surface area contributed by atoms with Crippen molar-refractivity contribution in [2.45, 2.75) is 38.1 Å². The molecule has 2 rings (SSSR count). The van der Waals surface area contributed by atoms with Crippen molar-refractivity contribution in [3.63, 3.8) is 0 Å². The van der Waals surface area contributed by atoms with Crippen LogP contribution >= 0.6 is 11.3 Å². The molecule has 3 heteroatoms. The lowest BCUT2D eigenvalue weighted by atomic mass is 10.2. The maximum atomic E-state index is 4.27. The van der Waals surface area contributed by atoms with E-state index < -0.39 is 0 Å². The predicted molar refractivity (Wildman–Crippen MR) is 57.1 cm³/mol. The highest BCUT2D eigenvalue weighted by Crippen LogP contribution is 2.26. The van der Waals surface area contributed by atoms with E-state index in [1.54, 1.807) is 11.3 Å². The number of hydrogen-bond donors (Lipinski definition) is 1. The number of hydrogen-bond acceptors (Lipinski definition) is 3. The van der Waals surface area contributed by atoms with Crippen molar-refractivity contribution in [1.82, 2.24) is 4.98 Å². The molecule has 0 aromatic carbocycles. The number of nitrogens with one attached hydrogen (secondary N) is 1. The van der Waals surface area contributed by atoms with E-state index in [4.69, 9.17) is 0 Å². The van der Waals surface area contributed by atoms with E-state index in [-0.39, 0.29) is 0 Å². The average Bonchev–Trinajstić information content (AvgIpc) is 2.76. The minimum atomic E-state index is 0.686. The fraction of sp³-hybridized carbons (Fsp3) is 0.600. The fourth-order valence-electron chi connectivity index (χ4n) is 1.82. The topological polar surface area (TPSA) is 24.9 Å². The van der Waals surface area contributed by atoms with Gasteiger partial charge in [-0.3, -0.25) is 0 Å². The SMILES string of the molecule is [CH2]Cc1ncsc1NC1CCCC1. The van der Waals surface area contributed by atoms with Gasteiger partial charge >= 0.3 is 0 Å². The summed E-state index contributed by atoms with van der Waals surface area (Å²) in [5.41, 5.74) is 3.02. The Hall–Kier alpha value is -0.570. The zero-order valence-corrected chi connectivity index (χ0v) is 8.57. The van der Waals surface area contributed by atoms with Crippen LogP contribution in [0.25, 0.3) is 0 Å². The largest absolute Gasteiger partial charge is 0.373 e. The van der Waals surface area contributed by atoms with Crippen LogP contribution < -0.4 is 5.32 Å². The summed E-state index contributed by atoms with van der Waals surface area (Å²) in [6.07, 6.45) is 6.16. The number of rotatable bonds is 3. The molecule has 2 nitrogen and oxygen atoms in total. The second-order valence-corrected chi connectivity index (χ2v) is 4.36. The Labute approximate surface area is 83.4 Å². The lowest BCUT2D eigenvalue weighted by Crippen LogP contribution is -2.14. The average molecular weight is 195 g/mol. The van der Waals surface area contributed by atoms with Gasteiger partial charge in [0.05, 0.1) is 11.2 Å². The summed E-state index contributed by atoms with van der Waals surface area (Å²) >= 11 is 1.70. The number of anilines is 1. The van der Waals surface area contributed by atoms with E-state index >= 15 is 0 Å². The molecule has 0 unspecified atom stereocenters. The second kappa shape index (κ2) is 4.09. The van der Waals surface area contributed by atoms with Crippen molar-refractivity contribution < 1.29 is 0 Å². The molecule has 0 spiro atoms. The molecule has 0 aliphatic heterocycles. The van der Waals surface area contributed by atoms with Crippen molar-refractivity contribution in [2.75, 3.05) is 5.32 Å². The summed E-state index contributed by atoms with van der Waals surface area (Å²) in [5, 5.41) is 4.79. The molecular weight excluding hydrogens is 180 g/mol. The first-order valence-electron chi connectivity index (χ1n) is 4.88. The first-order chi connectivity index (χ1) is 6.40. The smallest absolute Gasteiger partial charge is 0.112 e. The summed E-state index contributed by atoms with van der Waals surface area (Å²) in [4.78, 5) is 4.27. The maximum absolute atomic E-state index is 4.27. The molecule has 13 heavy (non-hydrogen) atoms. The molecule has 1 heterocycles. The number of thiazole rings is 1. The van der Waals surface area contributed by atoms with Crippen LogP contribution in [0, 0.1) is 6.92 Å². The number of aromatic nitrogens is 1. The molecule has 0 amide bonds.